The van der Waals surface area contributed by atoms with Gasteiger partial charge in [-0.3, -0.25) is 9.59 Å². The average molecular weight is 505 g/mol. The molecule has 1 aliphatic rings. The molecule has 9 nitrogen and oxygen atoms in total. The van der Waals surface area contributed by atoms with Crippen molar-refractivity contribution < 1.29 is 34.8 Å². The lowest BCUT2D eigenvalue weighted by Crippen LogP contribution is -2.42. The number of carbonyl (C=O) groups is 3. The van der Waals surface area contributed by atoms with E-state index in [1.807, 2.05) is 20.2 Å². The number of benzene rings is 2. The molecule has 10 heteroatoms. The van der Waals surface area contributed by atoms with Gasteiger partial charge in [0.25, 0.3) is 0 Å². The summed E-state index contributed by atoms with van der Waals surface area (Å²) in [5.41, 5.74) is 4.17. The van der Waals surface area contributed by atoms with Crippen LogP contribution in [0.4, 0.5) is 0 Å². The van der Waals surface area contributed by atoms with Gasteiger partial charge in [-0.25, -0.2) is 4.79 Å². The fraction of sp³-hybridized carbons (Fsp3) is 0.320. The van der Waals surface area contributed by atoms with Gasteiger partial charge in [-0.15, -0.1) is 0 Å². The normalized spacial score (nSPS) is 11.5. The van der Waals surface area contributed by atoms with Crippen molar-refractivity contribution in [2.24, 2.45) is 0 Å². The SMILES string of the molecule is CCc1c2n(c3ccc(Cl)cc13)Cc1ccccc1-2.CNC.O=C(O)CC(O)(CC(=O)O)C(=O)O. The Labute approximate surface area is 207 Å². The van der Waals surface area contributed by atoms with Gasteiger partial charge in [-0.05, 0) is 49.8 Å². The van der Waals surface area contributed by atoms with Crippen molar-refractivity contribution in [3.8, 4) is 11.3 Å². The van der Waals surface area contributed by atoms with Crippen LogP contribution in [0, 0.1) is 0 Å². The lowest BCUT2D eigenvalue weighted by Gasteiger charge is -2.18. The van der Waals surface area contributed by atoms with E-state index in [1.54, 1.807) is 0 Å². The second kappa shape index (κ2) is 11.8. The molecule has 0 radical (unpaired) electrons. The number of aryl methyl sites for hydroxylation is 1. The highest BCUT2D eigenvalue weighted by Gasteiger charge is 2.40. The van der Waals surface area contributed by atoms with Gasteiger partial charge in [-0.2, -0.15) is 0 Å². The van der Waals surface area contributed by atoms with Crippen molar-refractivity contribution in [1.29, 1.82) is 0 Å². The maximum absolute atomic E-state index is 10.3. The first-order valence-corrected chi connectivity index (χ1v) is 11.2. The fourth-order valence-corrected chi connectivity index (χ4v) is 4.17. The Morgan fingerprint density at radius 3 is 2.11 bits per heavy atom. The highest BCUT2D eigenvalue weighted by atomic mass is 35.5. The third-order valence-corrected chi connectivity index (χ3v) is 5.61. The number of nitrogens with zero attached hydrogens (tertiary/aromatic N) is 1. The number of aliphatic carboxylic acids is 3. The first-order chi connectivity index (χ1) is 16.5. The minimum Gasteiger partial charge on any atom is -0.481 e. The zero-order valence-corrected chi connectivity index (χ0v) is 20.5. The van der Waals surface area contributed by atoms with Gasteiger partial charge in [0.15, 0.2) is 5.60 Å². The summed E-state index contributed by atoms with van der Waals surface area (Å²) in [6.45, 7) is 3.20. The number of rotatable bonds is 6. The van der Waals surface area contributed by atoms with E-state index in [0.29, 0.717) is 0 Å². The van der Waals surface area contributed by atoms with E-state index in [4.69, 9.17) is 32.0 Å². The van der Waals surface area contributed by atoms with Crippen LogP contribution in [0.3, 0.4) is 0 Å². The molecular weight excluding hydrogens is 476 g/mol. The molecule has 2 heterocycles. The number of carboxylic acid groups (broad SMARTS) is 3. The molecule has 0 aliphatic carbocycles. The van der Waals surface area contributed by atoms with Crippen LogP contribution in [0.1, 0.15) is 30.9 Å². The van der Waals surface area contributed by atoms with E-state index in [1.165, 1.54) is 33.3 Å². The van der Waals surface area contributed by atoms with Crippen LogP contribution in [-0.2, 0) is 27.3 Å². The Hall–Kier alpha value is -3.40. The van der Waals surface area contributed by atoms with Crippen molar-refractivity contribution >= 4 is 40.4 Å². The second-order valence-electron chi connectivity index (χ2n) is 8.06. The standard InChI is InChI=1S/C17H14ClN.C6H8O7.C2H7N/c1-2-13-15-9-12(18)7-8-16(15)19-10-11-5-3-4-6-14(11)17(13)19;7-3(8)1-6(13,5(11)12)2-4(9)10;1-3-2/h3-9H,2,10H2,1H3;13H,1-2H2,(H,7,8)(H,9,10)(H,11,12);3H,1-2H3. The zero-order chi connectivity index (χ0) is 26.3. The number of hydrogen-bond donors (Lipinski definition) is 5. The van der Waals surface area contributed by atoms with Gasteiger partial charge < -0.3 is 30.3 Å². The summed E-state index contributed by atoms with van der Waals surface area (Å²) in [7, 11) is 3.75. The molecule has 0 atom stereocenters. The molecule has 1 aromatic heterocycles. The molecule has 0 spiro atoms. The number of aromatic nitrogens is 1. The molecule has 0 saturated carbocycles. The van der Waals surface area contributed by atoms with Crippen LogP contribution < -0.4 is 5.32 Å². The van der Waals surface area contributed by atoms with E-state index >= 15 is 0 Å². The Balaban J connectivity index is 0.000000238. The van der Waals surface area contributed by atoms with Crippen LogP contribution >= 0.6 is 11.6 Å². The zero-order valence-electron chi connectivity index (χ0n) is 19.7. The lowest BCUT2D eigenvalue weighted by molar-refractivity contribution is -0.170. The molecule has 35 heavy (non-hydrogen) atoms. The summed E-state index contributed by atoms with van der Waals surface area (Å²) in [4.78, 5) is 30.5. The van der Waals surface area contributed by atoms with Crippen LogP contribution in [0.25, 0.3) is 22.2 Å². The molecule has 4 rings (SSSR count). The number of halogens is 1. The van der Waals surface area contributed by atoms with Crippen molar-refractivity contribution in [2.75, 3.05) is 14.1 Å². The number of aliphatic hydroxyl groups is 1. The number of nitrogens with one attached hydrogen (secondary N) is 1. The highest BCUT2D eigenvalue weighted by molar-refractivity contribution is 6.31. The highest BCUT2D eigenvalue weighted by Crippen LogP contribution is 2.41. The van der Waals surface area contributed by atoms with Crippen molar-refractivity contribution in [2.45, 2.75) is 38.3 Å². The largest absolute Gasteiger partial charge is 0.481 e. The summed E-state index contributed by atoms with van der Waals surface area (Å²) >= 11 is 6.16. The van der Waals surface area contributed by atoms with E-state index in [-0.39, 0.29) is 0 Å². The maximum Gasteiger partial charge on any atom is 0.336 e. The number of fused-ring (bicyclic) bond motifs is 5. The summed E-state index contributed by atoms with van der Waals surface area (Å²) in [6, 6.07) is 14.9. The van der Waals surface area contributed by atoms with Crippen molar-refractivity contribution in [3.05, 3.63) is 58.6 Å². The Morgan fingerprint density at radius 2 is 1.60 bits per heavy atom. The van der Waals surface area contributed by atoms with Crippen LogP contribution in [-0.4, -0.2) is 62.6 Å². The minimum absolute atomic E-state index is 0.819. The molecule has 1 aliphatic heterocycles. The Bertz CT molecular complexity index is 1220. The molecule has 0 unspecified atom stereocenters. The Kier molecular flexibility index (Phi) is 9.41. The quantitative estimate of drug-likeness (QED) is 0.268. The molecule has 0 bridgehead atoms. The molecule has 0 saturated heterocycles. The van der Waals surface area contributed by atoms with Gasteiger partial charge in [-0.1, -0.05) is 42.8 Å². The van der Waals surface area contributed by atoms with Gasteiger partial charge >= 0.3 is 17.9 Å². The summed E-state index contributed by atoms with van der Waals surface area (Å²) in [6.07, 6.45) is -1.25. The van der Waals surface area contributed by atoms with Crippen molar-refractivity contribution in [3.63, 3.8) is 0 Å². The van der Waals surface area contributed by atoms with Crippen LogP contribution in [0.5, 0.6) is 0 Å². The van der Waals surface area contributed by atoms with E-state index in [9.17, 15) is 14.4 Å². The summed E-state index contributed by atoms with van der Waals surface area (Å²) in [5, 5.41) is 38.7. The molecule has 3 aromatic rings. The molecule has 0 fully saturated rings. The van der Waals surface area contributed by atoms with Gasteiger partial charge in [0.1, 0.15) is 0 Å². The molecule has 2 aromatic carbocycles. The van der Waals surface area contributed by atoms with Gasteiger partial charge in [0.05, 0.1) is 18.5 Å². The van der Waals surface area contributed by atoms with Crippen LogP contribution in [0.2, 0.25) is 5.02 Å². The molecule has 5 N–H and O–H groups in total. The first kappa shape index (κ1) is 27.8. The minimum atomic E-state index is -2.74. The molecular formula is C25H29ClN2O7. The first-order valence-electron chi connectivity index (χ1n) is 10.9. The lowest BCUT2D eigenvalue weighted by atomic mass is 9.96. The average Bonchev–Trinajstić information content (AvgIpc) is 3.27. The predicted octanol–water partition coefficient (Wildman–Crippen LogP) is 3.47. The monoisotopic (exact) mass is 504 g/mol. The number of hydrogen-bond acceptors (Lipinski definition) is 5. The van der Waals surface area contributed by atoms with Crippen LogP contribution in [0.15, 0.2) is 42.5 Å². The van der Waals surface area contributed by atoms with E-state index < -0.39 is 36.4 Å². The van der Waals surface area contributed by atoms with Crippen molar-refractivity contribution in [1.82, 2.24) is 9.88 Å². The fourth-order valence-electron chi connectivity index (χ4n) is 4.00. The smallest absolute Gasteiger partial charge is 0.336 e. The molecule has 0 amide bonds. The predicted molar refractivity (Wildman–Crippen MR) is 133 cm³/mol. The van der Waals surface area contributed by atoms with E-state index in [2.05, 4.69) is 53.2 Å². The van der Waals surface area contributed by atoms with Gasteiger partial charge in [0, 0.05) is 28.0 Å². The summed E-state index contributed by atoms with van der Waals surface area (Å²) < 4.78 is 2.43. The topological polar surface area (TPSA) is 149 Å². The number of carboxylic acids is 3. The third kappa shape index (κ3) is 6.39. The second-order valence-corrected chi connectivity index (χ2v) is 8.50. The molecule has 188 valence electrons. The van der Waals surface area contributed by atoms with Gasteiger partial charge in [0.2, 0.25) is 0 Å². The maximum atomic E-state index is 10.3. The van der Waals surface area contributed by atoms with E-state index in [0.717, 1.165) is 18.0 Å². The Morgan fingerprint density at radius 1 is 1.03 bits per heavy atom. The third-order valence-electron chi connectivity index (χ3n) is 5.37. The summed E-state index contributed by atoms with van der Waals surface area (Å²) in [5.74, 6) is -5.02.